The molecule has 0 amide bonds. The van der Waals surface area contributed by atoms with Gasteiger partial charge in [-0.25, -0.2) is 0 Å². The van der Waals surface area contributed by atoms with E-state index < -0.39 is 6.61 Å². The fraction of sp³-hybridized carbons (Fsp3) is 0.588. The smallest absolute Gasteiger partial charge is 0.387 e. The molecule has 1 aliphatic rings. The van der Waals surface area contributed by atoms with Gasteiger partial charge in [0.2, 0.25) is 0 Å². The predicted octanol–water partition coefficient (Wildman–Crippen LogP) is 3.25. The van der Waals surface area contributed by atoms with Gasteiger partial charge in [-0.3, -0.25) is 4.99 Å². The molecule has 0 bridgehead atoms. The minimum Gasteiger partial charge on any atom is -0.493 e. The summed E-state index contributed by atoms with van der Waals surface area (Å²) < 4.78 is 34.6. The normalized spacial score (nSPS) is 20.6. The molecule has 25 heavy (non-hydrogen) atoms. The number of nitrogens with one attached hydrogen (secondary N) is 2. The molecule has 5 nitrogen and oxygen atoms in total. The molecule has 8 heteroatoms. The van der Waals surface area contributed by atoms with Crippen LogP contribution in [0.2, 0.25) is 0 Å². The third-order valence-electron chi connectivity index (χ3n) is 4.19. The standard InChI is InChI=1S/C17H25F2N3O2S/c1-20-17(22-12-5-6-13(9-12)25-3)21-10-11-4-7-14(23-2)15(8-11)24-16(18)19/h4,7-8,12-13,16H,5-6,9-10H2,1-3H3,(H2,20,21,22). The Bertz CT molecular complexity index is 587. The van der Waals surface area contributed by atoms with Crippen molar-refractivity contribution in [1.29, 1.82) is 0 Å². The van der Waals surface area contributed by atoms with E-state index in [0.717, 1.165) is 18.4 Å². The molecule has 0 spiro atoms. The Balaban J connectivity index is 1.92. The Hall–Kier alpha value is -1.70. The molecule has 0 saturated heterocycles. The molecule has 2 rings (SSSR count). The van der Waals surface area contributed by atoms with Crippen molar-refractivity contribution in [2.45, 2.75) is 43.7 Å². The highest BCUT2D eigenvalue weighted by atomic mass is 32.2. The lowest BCUT2D eigenvalue weighted by molar-refractivity contribution is -0.0512. The molecule has 1 aromatic carbocycles. The molecule has 1 fully saturated rings. The van der Waals surface area contributed by atoms with Gasteiger partial charge in [0, 0.05) is 24.9 Å². The first kappa shape index (κ1) is 19.6. The topological polar surface area (TPSA) is 54.9 Å². The molecular formula is C17H25F2N3O2S. The average molecular weight is 373 g/mol. The molecule has 2 N–H and O–H groups in total. The van der Waals surface area contributed by atoms with Gasteiger partial charge in [-0.15, -0.1) is 0 Å². The largest absolute Gasteiger partial charge is 0.493 e. The molecule has 2 unspecified atom stereocenters. The summed E-state index contributed by atoms with van der Waals surface area (Å²) in [6.45, 7) is -2.44. The third kappa shape index (κ3) is 5.95. The number of hydrogen-bond acceptors (Lipinski definition) is 4. The molecule has 1 aliphatic carbocycles. The van der Waals surface area contributed by atoms with Crippen LogP contribution < -0.4 is 20.1 Å². The van der Waals surface area contributed by atoms with Crippen molar-refractivity contribution in [3.63, 3.8) is 0 Å². The lowest BCUT2D eigenvalue weighted by atomic mass is 10.2. The van der Waals surface area contributed by atoms with E-state index in [0.29, 0.717) is 23.8 Å². The summed E-state index contributed by atoms with van der Waals surface area (Å²) >= 11 is 1.90. The lowest BCUT2D eigenvalue weighted by Crippen LogP contribution is -2.42. The zero-order chi connectivity index (χ0) is 18.2. The first-order valence-corrected chi connectivity index (χ1v) is 9.46. The van der Waals surface area contributed by atoms with Crippen molar-refractivity contribution in [2.24, 2.45) is 4.99 Å². The first-order chi connectivity index (χ1) is 12.0. The number of thioether (sulfide) groups is 1. The summed E-state index contributed by atoms with van der Waals surface area (Å²) in [5.74, 6) is 1.01. The van der Waals surface area contributed by atoms with E-state index in [1.54, 1.807) is 25.2 Å². The van der Waals surface area contributed by atoms with Crippen molar-refractivity contribution in [3.05, 3.63) is 23.8 Å². The van der Waals surface area contributed by atoms with E-state index in [2.05, 4.69) is 26.6 Å². The Morgan fingerprint density at radius 1 is 1.36 bits per heavy atom. The number of ether oxygens (including phenoxy) is 2. The number of aliphatic imine (C=N–C) groups is 1. The van der Waals surface area contributed by atoms with Gasteiger partial charge >= 0.3 is 6.61 Å². The fourth-order valence-electron chi connectivity index (χ4n) is 2.88. The Labute approximate surface area is 151 Å². The number of guanidine groups is 1. The highest BCUT2D eigenvalue weighted by molar-refractivity contribution is 7.99. The van der Waals surface area contributed by atoms with Crippen molar-refractivity contribution in [2.75, 3.05) is 20.4 Å². The van der Waals surface area contributed by atoms with E-state index in [9.17, 15) is 8.78 Å². The van der Waals surface area contributed by atoms with Crippen LogP contribution in [0.1, 0.15) is 24.8 Å². The number of nitrogens with zero attached hydrogens (tertiary/aromatic N) is 1. The Morgan fingerprint density at radius 2 is 2.16 bits per heavy atom. The van der Waals surface area contributed by atoms with Crippen LogP contribution in [0.4, 0.5) is 8.78 Å². The molecular weight excluding hydrogens is 348 g/mol. The van der Waals surface area contributed by atoms with Crippen molar-refractivity contribution in [3.8, 4) is 11.5 Å². The fourth-order valence-corrected chi connectivity index (χ4v) is 3.67. The summed E-state index contributed by atoms with van der Waals surface area (Å²) in [5, 5.41) is 7.33. The number of halogens is 2. The van der Waals surface area contributed by atoms with Gasteiger partial charge in [0.25, 0.3) is 0 Å². The first-order valence-electron chi connectivity index (χ1n) is 8.17. The summed E-state index contributed by atoms with van der Waals surface area (Å²) in [5.41, 5.74) is 0.799. The maximum atomic E-state index is 12.5. The highest BCUT2D eigenvalue weighted by Gasteiger charge is 2.24. The number of alkyl halides is 2. The molecule has 140 valence electrons. The van der Waals surface area contributed by atoms with E-state index in [-0.39, 0.29) is 11.5 Å². The van der Waals surface area contributed by atoms with E-state index >= 15 is 0 Å². The van der Waals surface area contributed by atoms with Crippen LogP contribution in [0.15, 0.2) is 23.2 Å². The van der Waals surface area contributed by atoms with E-state index in [1.807, 2.05) is 11.8 Å². The SMILES string of the molecule is CN=C(NCc1ccc(OC)c(OC(F)F)c1)NC1CCC(SC)C1. The Kier molecular flexibility index (Phi) is 7.61. The average Bonchev–Trinajstić information content (AvgIpc) is 3.06. The monoisotopic (exact) mass is 373 g/mol. The van der Waals surface area contributed by atoms with E-state index in [1.165, 1.54) is 13.5 Å². The van der Waals surface area contributed by atoms with Gasteiger partial charge in [0.15, 0.2) is 17.5 Å². The van der Waals surface area contributed by atoms with E-state index in [4.69, 9.17) is 4.74 Å². The van der Waals surface area contributed by atoms with Gasteiger partial charge in [-0.1, -0.05) is 6.07 Å². The summed E-state index contributed by atoms with van der Waals surface area (Å²) in [6.07, 6.45) is 5.60. The summed E-state index contributed by atoms with van der Waals surface area (Å²) in [7, 11) is 3.14. The maximum Gasteiger partial charge on any atom is 0.387 e. The molecule has 1 aromatic rings. The van der Waals surface area contributed by atoms with Gasteiger partial charge in [-0.2, -0.15) is 20.5 Å². The van der Waals surface area contributed by atoms with Gasteiger partial charge in [0.1, 0.15) is 0 Å². The minimum atomic E-state index is -2.89. The number of hydrogen-bond donors (Lipinski definition) is 2. The molecule has 2 atom stereocenters. The number of rotatable bonds is 7. The van der Waals surface area contributed by atoms with Crippen LogP contribution in [-0.4, -0.2) is 44.3 Å². The third-order valence-corrected chi connectivity index (χ3v) is 5.28. The minimum absolute atomic E-state index is 0.0263. The van der Waals surface area contributed by atoms with Gasteiger partial charge in [0.05, 0.1) is 7.11 Å². The second-order valence-electron chi connectivity index (χ2n) is 5.80. The quantitative estimate of drug-likeness (QED) is 0.568. The highest BCUT2D eigenvalue weighted by Crippen LogP contribution is 2.30. The molecule has 0 radical (unpaired) electrons. The van der Waals surface area contributed by atoms with Crippen LogP contribution in [0.5, 0.6) is 11.5 Å². The van der Waals surface area contributed by atoms with Gasteiger partial charge < -0.3 is 20.1 Å². The molecule has 1 saturated carbocycles. The molecule has 0 aliphatic heterocycles. The van der Waals surface area contributed by atoms with Crippen LogP contribution in [0.25, 0.3) is 0 Å². The zero-order valence-electron chi connectivity index (χ0n) is 14.7. The van der Waals surface area contributed by atoms with Crippen LogP contribution in [-0.2, 0) is 6.54 Å². The number of benzene rings is 1. The van der Waals surface area contributed by atoms with Crippen molar-refractivity contribution >= 4 is 17.7 Å². The van der Waals surface area contributed by atoms with Crippen LogP contribution in [0.3, 0.4) is 0 Å². The number of methoxy groups -OCH3 is 1. The van der Waals surface area contributed by atoms with Crippen LogP contribution >= 0.6 is 11.8 Å². The maximum absolute atomic E-state index is 12.5. The van der Waals surface area contributed by atoms with Crippen molar-refractivity contribution < 1.29 is 18.3 Å². The summed E-state index contributed by atoms with van der Waals surface area (Å²) in [4.78, 5) is 4.23. The van der Waals surface area contributed by atoms with Gasteiger partial charge in [-0.05, 0) is 43.2 Å². The second-order valence-corrected chi connectivity index (χ2v) is 6.94. The van der Waals surface area contributed by atoms with Crippen molar-refractivity contribution in [1.82, 2.24) is 10.6 Å². The molecule has 0 heterocycles. The Morgan fingerprint density at radius 3 is 2.76 bits per heavy atom. The van der Waals surface area contributed by atoms with Crippen LogP contribution in [0, 0.1) is 0 Å². The molecule has 0 aromatic heterocycles. The lowest BCUT2D eigenvalue weighted by Gasteiger charge is -2.18. The second kappa shape index (κ2) is 9.70. The zero-order valence-corrected chi connectivity index (χ0v) is 15.5. The predicted molar refractivity (Wildman–Crippen MR) is 97.9 cm³/mol. The summed E-state index contributed by atoms with van der Waals surface area (Å²) in [6, 6.07) is 5.38.